The summed E-state index contributed by atoms with van der Waals surface area (Å²) in [4.78, 5) is 0. The summed E-state index contributed by atoms with van der Waals surface area (Å²) in [5.41, 5.74) is 1.29. The summed E-state index contributed by atoms with van der Waals surface area (Å²) in [5, 5.41) is 12.4. The van der Waals surface area contributed by atoms with Crippen LogP contribution in [-0.4, -0.2) is 24.8 Å². The van der Waals surface area contributed by atoms with Gasteiger partial charge in [-0.25, -0.2) is 0 Å². The van der Waals surface area contributed by atoms with Crippen molar-refractivity contribution in [3.63, 3.8) is 0 Å². The van der Waals surface area contributed by atoms with Crippen LogP contribution in [0.15, 0.2) is 0 Å². The minimum atomic E-state index is 0.322. The smallest absolute Gasteiger partial charge is 0.0443 e. The maximum atomic E-state index is 8.83. The summed E-state index contributed by atoms with van der Waals surface area (Å²) >= 11 is 0. The largest absolute Gasteiger partial charge is 0.396 e. The van der Waals surface area contributed by atoms with Crippen molar-refractivity contribution in [2.45, 2.75) is 51.9 Å². The standard InChI is InChI=1S/C15H27NO/c1-14-6-12-5-13(7-14)9-15(8-12,10-14)11-16-3-2-4-17/h12-13,16-17H,2-11H2,1H3. The van der Waals surface area contributed by atoms with Crippen LogP contribution < -0.4 is 5.32 Å². The topological polar surface area (TPSA) is 32.3 Å². The summed E-state index contributed by atoms with van der Waals surface area (Å²) < 4.78 is 0. The zero-order valence-electron chi connectivity index (χ0n) is 11.2. The molecule has 2 nitrogen and oxygen atoms in total. The lowest BCUT2D eigenvalue weighted by Gasteiger charge is -2.61. The monoisotopic (exact) mass is 237 g/mol. The summed E-state index contributed by atoms with van der Waals surface area (Å²) in [5.74, 6) is 2.06. The Morgan fingerprint density at radius 3 is 2.47 bits per heavy atom. The van der Waals surface area contributed by atoms with E-state index in [0.29, 0.717) is 17.4 Å². The van der Waals surface area contributed by atoms with E-state index in [0.717, 1.165) is 24.8 Å². The average molecular weight is 237 g/mol. The first-order valence-electron chi connectivity index (χ1n) is 7.45. The molecule has 4 aliphatic carbocycles. The molecule has 4 saturated carbocycles. The lowest BCUT2D eigenvalue weighted by Crippen LogP contribution is -2.54. The van der Waals surface area contributed by atoms with E-state index < -0.39 is 0 Å². The van der Waals surface area contributed by atoms with E-state index in [1.54, 1.807) is 0 Å². The van der Waals surface area contributed by atoms with Crippen LogP contribution in [0.2, 0.25) is 0 Å². The molecule has 2 heteroatoms. The molecule has 2 unspecified atom stereocenters. The zero-order valence-corrected chi connectivity index (χ0v) is 11.2. The van der Waals surface area contributed by atoms with Crippen LogP contribution in [0.5, 0.6) is 0 Å². The molecule has 98 valence electrons. The number of rotatable bonds is 5. The van der Waals surface area contributed by atoms with Gasteiger partial charge in [-0.2, -0.15) is 0 Å². The molecule has 0 aromatic heterocycles. The molecule has 0 spiro atoms. The highest BCUT2D eigenvalue weighted by Crippen LogP contribution is 2.64. The van der Waals surface area contributed by atoms with E-state index in [1.807, 2.05) is 0 Å². The van der Waals surface area contributed by atoms with E-state index in [-0.39, 0.29) is 0 Å². The Labute approximate surface area is 105 Å². The van der Waals surface area contributed by atoms with Crippen molar-refractivity contribution in [3.8, 4) is 0 Å². The van der Waals surface area contributed by atoms with E-state index >= 15 is 0 Å². The van der Waals surface area contributed by atoms with Gasteiger partial charge >= 0.3 is 0 Å². The highest BCUT2D eigenvalue weighted by atomic mass is 16.3. The van der Waals surface area contributed by atoms with Gasteiger partial charge in [0, 0.05) is 13.2 Å². The van der Waals surface area contributed by atoms with Crippen molar-refractivity contribution in [1.82, 2.24) is 5.32 Å². The molecule has 0 radical (unpaired) electrons. The highest BCUT2D eigenvalue weighted by molar-refractivity contribution is 5.06. The van der Waals surface area contributed by atoms with Crippen molar-refractivity contribution >= 4 is 0 Å². The summed E-state index contributed by atoms with van der Waals surface area (Å²) in [7, 11) is 0. The molecule has 0 amide bonds. The minimum Gasteiger partial charge on any atom is -0.396 e. The van der Waals surface area contributed by atoms with Gasteiger partial charge in [0.25, 0.3) is 0 Å². The summed E-state index contributed by atoms with van der Waals surface area (Å²) in [6.45, 7) is 5.05. The fourth-order valence-electron chi connectivity index (χ4n) is 5.69. The van der Waals surface area contributed by atoms with Crippen LogP contribution in [0.1, 0.15) is 51.9 Å². The number of hydrogen-bond acceptors (Lipinski definition) is 2. The summed E-state index contributed by atoms with van der Waals surface area (Å²) in [6.07, 6.45) is 9.84. The van der Waals surface area contributed by atoms with Crippen molar-refractivity contribution in [2.75, 3.05) is 19.7 Å². The van der Waals surface area contributed by atoms with Crippen molar-refractivity contribution < 1.29 is 5.11 Å². The van der Waals surface area contributed by atoms with Gasteiger partial charge in [0.2, 0.25) is 0 Å². The Hall–Kier alpha value is -0.0800. The molecule has 17 heavy (non-hydrogen) atoms. The molecular weight excluding hydrogens is 210 g/mol. The van der Waals surface area contributed by atoms with Crippen LogP contribution in [0, 0.1) is 22.7 Å². The molecule has 0 aromatic carbocycles. The van der Waals surface area contributed by atoms with E-state index in [2.05, 4.69) is 12.2 Å². The Morgan fingerprint density at radius 2 is 1.88 bits per heavy atom. The lowest BCUT2D eigenvalue weighted by atomic mass is 9.44. The number of aliphatic hydroxyl groups is 1. The van der Waals surface area contributed by atoms with Crippen LogP contribution in [0.25, 0.3) is 0 Å². The van der Waals surface area contributed by atoms with Gasteiger partial charge in [-0.1, -0.05) is 6.92 Å². The Balaban J connectivity index is 1.62. The number of aliphatic hydroxyl groups excluding tert-OH is 1. The fraction of sp³-hybridized carbons (Fsp3) is 1.00. The predicted octanol–water partition coefficient (Wildman–Crippen LogP) is 2.56. The molecule has 0 heterocycles. The van der Waals surface area contributed by atoms with Crippen LogP contribution >= 0.6 is 0 Å². The Kier molecular flexibility index (Phi) is 2.99. The molecule has 4 aliphatic rings. The van der Waals surface area contributed by atoms with Crippen molar-refractivity contribution in [2.24, 2.45) is 22.7 Å². The van der Waals surface area contributed by atoms with Crippen LogP contribution in [-0.2, 0) is 0 Å². The SMILES string of the molecule is CC12CC3CC(C1)CC(CNCCCO)(C3)C2. The highest BCUT2D eigenvalue weighted by Gasteiger charge is 2.55. The minimum absolute atomic E-state index is 0.322. The Bertz CT molecular complexity index is 275. The number of nitrogens with one attached hydrogen (secondary N) is 1. The number of hydrogen-bond donors (Lipinski definition) is 2. The van der Waals surface area contributed by atoms with Crippen molar-refractivity contribution in [3.05, 3.63) is 0 Å². The molecule has 0 aromatic rings. The molecule has 4 fully saturated rings. The van der Waals surface area contributed by atoms with Crippen LogP contribution in [0.3, 0.4) is 0 Å². The van der Waals surface area contributed by atoms with Crippen molar-refractivity contribution in [1.29, 1.82) is 0 Å². The molecule has 2 N–H and O–H groups in total. The first kappa shape index (κ1) is 12.0. The lowest BCUT2D eigenvalue weighted by molar-refractivity contribution is -0.0998. The third kappa shape index (κ3) is 2.26. The first-order chi connectivity index (χ1) is 8.13. The fourth-order valence-corrected chi connectivity index (χ4v) is 5.69. The first-order valence-corrected chi connectivity index (χ1v) is 7.45. The predicted molar refractivity (Wildman–Crippen MR) is 69.8 cm³/mol. The second-order valence-electron chi connectivity index (χ2n) is 7.53. The molecule has 0 saturated heterocycles. The van der Waals surface area contributed by atoms with Gasteiger partial charge in [0.05, 0.1) is 0 Å². The maximum Gasteiger partial charge on any atom is 0.0443 e. The van der Waals surface area contributed by atoms with Gasteiger partial charge in [0.15, 0.2) is 0 Å². The van der Waals surface area contributed by atoms with E-state index in [4.69, 9.17) is 5.11 Å². The molecule has 0 aliphatic heterocycles. The maximum absolute atomic E-state index is 8.83. The quantitative estimate of drug-likeness (QED) is 0.720. The van der Waals surface area contributed by atoms with Gasteiger partial charge in [0.1, 0.15) is 0 Å². The Morgan fingerprint density at radius 1 is 1.18 bits per heavy atom. The second-order valence-corrected chi connectivity index (χ2v) is 7.53. The molecule has 4 rings (SSSR count). The van der Waals surface area contributed by atoms with Gasteiger partial charge in [-0.15, -0.1) is 0 Å². The van der Waals surface area contributed by atoms with Gasteiger partial charge in [-0.05, 0) is 74.2 Å². The average Bonchev–Trinajstić information content (AvgIpc) is 2.21. The zero-order chi connectivity index (χ0) is 11.9. The molecule has 4 bridgehead atoms. The third-order valence-electron chi connectivity index (χ3n) is 5.49. The van der Waals surface area contributed by atoms with Gasteiger partial charge in [-0.3, -0.25) is 0 Å². The second kappa shape index (κ2) is 4.24. The van der Waals surface area contributed by atoms with Crippen LogP contribution in [0.4, 0.5) is 0 Å². The molecule has 2 atom stereocenters. The van der Waals surface area contributed by atoms with E-state index in [9.17, 15) is 0 Å². The normalized spacial score (nSPS) is 47.6. The molecular formula is C15H27NO. The third-order valence-corrected chi connectivity index (χ3v) is 5.49. The van der Waals surface area contributed by atoms with E-state index in [1.165, 1.54) is 45.1 Å². The summed E-state index contributed by atoms with van der Waals surface area (Å²) in [6, 6.07) is 0. The van der Waals surface area contributed by atoms with Gasteiger partial charge < -0.3 is 10.4 Å².